The lowest BCUT2D eigenvalue weighted by molar-refractivity contribution is 0.0722. The molecule has 0 aromatic carbocycles. The zero-order chi connectivity index (χ0) is 15.8. The number of carbonyl (C=O) groups excluding carboxylic acids is 1. The fraction of sp³-hybridized carbons (Fsp3) is 0.312. The second kappa shape index (κ2) is 5.51. The van der Waals surface area contributed by atoms with Crippen molar-refractivity contribution in [2.75, 3.05) is 13.7 Å². The molecule has 3 aromatic rings. The first-order valence-corrected chi connectivity index (χ1v) is 7.44. The number of fused-ring (bicyclic) bond motifs is 2. The molecule has 0 spiro atoms. The first-order valence-electron chi connectivity index (χ1n) is 7.44. The number of carbonyl (C=O) groups is 1. The standard InChI is InChI=1S/C16H16N4O3/c1-22-10-15-18-11-8-20(7-5-13(11)23-15)16(21)12-9-19-6-3-2-4-14(19)17-12/h2-4,6,9H,5,7-8,10H2,1H3. The Hall–Kier alpha value is -2.67. The van der Waals surface area contributed by atoms with Gasteiger partial charge in [-0.15, -0.1) is 0 Å². The van der Waals surface area contributed by atoms with Crippen LogP contribution in [0, 0.1) is 0 Å². The molecule has 7 heteroatoms. The van der Waals surface area contributed by atoms with Gasteiger partial charge in [0.1, 0.15) is 29.4 Å². The summed E-state index contributed by atoms with van der Waals surface area (Å²) in [6.07, 6.45) is 4.29. The van der Waals surface area contributed by atoms with Crippen LogP contribution in [0.4, 0.5) is 0 Å². The molecule has 4 rings (SSSR count). The number of ether oxygens (including phenoxy) is 1. The van der Waals surface area contributed by atoms with Gasteiger partial charge in [-0.2, -0.15) is 0 Å². The van der Waals surface area contributed by atoms with Crippen LogP contribution in [0.15, 0.2) is 35.0 Å². The normalized spacial score (nSPS) is 14.2. The monoisotopic (exact) mass is 312 g/mol. The third-order valence-electron chi connectivity index (χ3n) is 3.91. The van der Waals surface area contributed by atoms with E-state index in [1.165, 1.54) is 0 Å². The zero-order valence-electron chi connectivity index (χ0n) is 12.7. The number of amides is 1. The Bertz CT molecular complexity index is 834. The molecule has 1 aliphatic heterocycles. The molecular weight excluding hydrogens is 296 g/mol. The molecule has 0 saturated heterocycles. The minimum Gasteiger partial charge on any atom is -0.443 e. The number of methoxy groups -OCH3 is 1. The van der Waals surface area contributed by atoms with Gasteiger partial charge >= 0.3 is 0 Å². The Labute approximate surface area is 132 Å². The molecule has 0 fully saturated rings. The third-order valence-corrected chi connectivity index (χ3v) is 3.91. The summed E-state index contributed by atoms with van der Waals surface area (Å²) in [5.74, 6) is 1.31. The number of imidazole rings is 1. The van der Waals surface area contributed by atoms with Crippen LogP contribution in [-0.4, -0.2) is 38.8 Å². The molecule has 118 valence electrons. The molecule has 0 N–H and O–H groups in total. The Balaban J connectivity index is 1.57. The molecule has 1 aliphatic rings. The number of rotatable bonds is 3. The lowest BCUT2D eigenvalue weighted by Gasteiger charge is -2.24. The fourth-order valence-electron chi connectivity index (χ4n) is 2.81. The minimum atomic E-state index is -0.0874. The molecular formula is C16H16N4O3. The molecule has 1 amide bonds. The summed E-state index contributed by atoms with van der Waals surface area (Å²) in [5, 5.41) is 0. The largest absolute Gasteiger partial charge is 0.443 e. The molecule has 0 unspecified atom stereocenters. The summed E-state index contributed by atoms with van der Waals surface area (Å²) in [7, 11) is 1.60. The number of pyridine rings is 1. The summed E-state index contributed by atoms with van der Waals surface area (Å²) in [6, 6.07) is 5.68. The SMILES string of the molecule is COCc1nc2c(o1)CCN(C(=O)c1cn3ccccc3n1)C2. The van der Waals surface area contributed by atoms with Gasteiger partial charge in [-0.25, -0.2) is 9.97 Å². The maximum absolute atomic E-state index is 12.7. The Morgan fingerprint density at radius 2 is 2.30 bits per heavy atom. The highest BCUT2D eigenvalue weighted by Crippen LogP contribution is 2.21. The van der Waals surface area contributed by atoms with Gasteiger partial charge < -0.3 is 18.5 Å². The van der Waals surface area contributed by atoms with Crippen LogP contribution in [-0.2, 0) is 24.3 Å². The van der Waals surface area contributed by atoms with E-state index in [1.54, 1.807) is 18.2 Å². The average molecular weight is 312 g/mol. The van der Waals surface area contributed by atoms with Crippen molar-refractivity contribution in [2.45, 2.75) is 19.6 Å². The Morgan fingerprint density at radius 3 is 3.13 bits per heavy atom. The van der Waals surface area contributed by atoms with E-state index in [1.807, 2.05) is 28.8 Å². The van der Waals surface area contributed by atoms with Crippen LogP contribution in [0.1, 0.15) is 27.8 Å². The predicted molar refractivity (Wildman–Crippen MR) is 80.9 cm³/mol. The molecule has 0 atom stereocenters. The van der Waals surface area contributed by atoms with Gasteiger partial charge in [0.25, 0.3) is 5.91 Å². The van der Waals surface area contributed by atoms with E-state index in [-0.39, 0.29) is 5.91 Å². The first-order chi connectivity index (χ1) is 11.2. The van der Waals surface area contributed by atoms with Crippen LogP contribution in [0.3, 0.4) is 0 Å². The van der Waals surface area contributed by atoms with E-state index in [9.17, 15) is 4.79 Å². The topological polar surface area (TPSA) is 72.9 Å². The van der Waals surface area contributed by atoms with Crippen LogP contribution in [0.25, 0.3) is 5.65 Å². The number of aromatic nitrogens is 3. The maximum atomic E-state index is 12.7. The lowest BCUT2D eigenvalue weighted by atomic mass is 10.1. The van der Waals surface area contributed by atoms with Crippen LogP contribution >= 0.6 is 0 Å². The van der Waals surface area contributed by atoms with Crippen molar-refractivity contribution in [2.24, 2.45) is 0 Å². The van der Waals surface area contributed by atoms with Crippen molar-refractivity contribution < 1.29 is 13.9 Å². The summed E-state index contributed by atoms with van der Waals surface area (Å²) < 4.78 is 12.5. The van der Waals surface area contributed by atoms with Crippen molar-refractivity contribution in [1.29, 1.82) is 0 Å². The van der Waals surface area contributed by atoms with Crippen molar-refractivity contribution in [3.05, 3.63) is 53.6 Å². The molecule has 3 aromatic heterocycles. The van der Waals surface area contributed by atoms with Gasteiger partial charge in [0.05, 0.1) is 6.54 Å². The maximum Gasteiger partial charge on any atom is 0.274 e. The van der Waals surface area contributed by atoms with E-state index < -0.39 is 0 Å². The van der Waals surface area contributed by atoms with E-state index in [2.05, 4.69) is 9.97 Å². The van der Waals surface area contributed by atoms with E-state index in [4.69, 9.17) is 9.15 Å². The lowest BCUT2D eigenvalue weighted by Crippen LogP contribution is -2.36. The van der Waals surface area contributed by atoms with Gasteiger partial charge in [0.15, 0.2) is 0 Å². The van der Waals surface area contributed by atoms with Crippen molar-refractivity contribution in [3.8, 4) is 0 Å². The van der Waals surface area contributed by atoms with E-state index in [0.717, 1.165) is 17.1 Å². The number of hydrogen-bond donors (Lipinski definition) is 0. The number of hydrogen-bond acceptors (Lipinski definition) is 5. The van der Waals surface area contributed by atoms with Crippen molar-refractivity contribution in [1.82, 2.24) is 19.3 Å². The molecule has 7 nitrogen and oxygen atoms in total. The minimum absolute atomic E-state index is 0.0874. The highest BCUT2D eigenvalue weighted by Gasteiger charge is 2.27. The number of oxazole rings is 1. The first kappa shape index (κ1) is 14.0. The average Bonchev–Trinajstić information content (AvgIpc) is 3.16. The third kappa shape index (κ3) is 2.49. The predicted octanol–water partition coefficient (Wildman–Crippen LogP) is 1.67. The molecule has 0 radical (unpaired) electrons. The molecule has 0 bridgehead atoms. The van der Waals surface area contributed by atoms with E-state index in [0.29, 0.717) is 37.7 Å². The van der Waals surface area contributed by atoms with Crippen LogP contribution < -0.4 is 0 Å². The summed E-state index contributed by atoms with van der Waals surface area (Å²) in [5.41, 5.74) is 2.01. The van der Waals surface area contributed by atoms with Gasteiger partial charge in [-0.1, -0.05) is 6.07 Å². The summed E-state index contributed by atoms with van der Waals surface area (Å²) >= 11 is 0. The fourth-order valence-corrected chi connectivity index (χ4v) is 2.81. The zero-order valence-corrected chi connectivity index (χ0v) is 12.7. The van der Waals surface area contributed by atoms with Gasteiger partial charge in [0.2, 0.25) is 5.89 Å². The molecule has 0 saturated carbocycles. The molecule has 23 heavy (non-hydrogen) atoms. The Morgan fingerprint density at radius 1 is 1.39 bits per heavy atom. The summed E-state index contributed by atoms with van der Waals surface area (Å²) in [4.78, 5) is 23.2. The second-order valence-corrected chi connectivity index (χ2v) is 5.48. The van der Waals surface area contributed by atoms with Gasteiger partial charge in [-0.05, 0) is 12.1 Å². The van der Waals surface area contributed by atoms with Crippen molar-refractivity contribution in [3.63, 3.8) is 0 Å². The van der Waals surface area contributed by atoms with E-state index >= 15 is 0 Å². The Kier molecular flexibility index (Phi) is 3.34. The van der Waals surface area contributed by atoms with Crippen LogP contribution in [0.5, 0.6) is 0 Å². The van der Waals surface area contributed by atoms with Crippen LogP contribution in [0.2, 0.25) is 0 Å². The highest BCUT2D eigenvalue weighted by molar-refractivity contribution is 5.93. The number of nitrogens with zero attached hydrogens (tertiary/aromatic N) is 4. The second-order valence-electron chi connectivity index (χ2n) is 5.48. The van der Waals surface area contributed by atoms with Gasteiger partial charge in [0, 0.05) is 32.5 Å². The van der Waals surface area contributed by atoms with Gasteiger partial charge in [-0.3, -0.25) is 4.79 Å². The highest BCUT2D eigenvalue weighted by atomic mass is 16.5. The smallest absolute Gasteiger partial charge is 0.274 e. The quantitative estimate of drug-likeness (QED) is 0.735. The molecule has 4 heterocycles. The van der Waals surface area contributed by atoms with Crippen molar-refractivity contribution >= 4 is 11.6 Å². The molecule has 0 aliphatic carbocycles. The summed E-state index contributed by atoms with van der Waals surface area (Å²) in [6.45, 7) is 1.38.